The molecule has 0 saturated heterocycles. The second kappa shape index (κ2) is 7.11. The first kappa shape index (κ1) is 14.6. The molecule has 0 radical (unpaired) electrons. The van der Waals surface area contributed by atoms with Crippen LogP contribution in [0.3, 0.4) is 0 Å². The summed E-state index contributed by atoms with van der Waals surface area (Å²) in [6, 6.07) is 12.5. The molecule has 2 aromatic rings. The van der Waals surface area contributed by atoms with Crippen molar-refractivity contribution < 1.29 is 14.7 Å². The first-order chi connectivity index (χ1) is 9.08. The van der Waals surface area contributed by atoms with E-state index >= 15 is 0 Å². The molecule has 0 fully saturated rings. The van der Waals surface area contributed by atoms with Gasteiger partial charge in [-0.3, -0.25) is 9.59 Å². The molecule has 0 aliphatic carbocycles. The van der Waals surface area contributed by atoms with Gasteiger partial charge in [-0.15, -0.1) is 0 Å². The van der Waals surface area contributed by atoms with Crippen LogP contribution in [0.4, 0.5) is 0 Å². The number of hydrogen-bond donors (Lipinski definition) is 1. The van der Waals surface area contributed by atoms with Gasteiger partial charge in [0.25, 0.3) is 0 Å². The summed E-state index contributed by atoms with van der Waals surface area (Å²) in [5, 5.41) is 9.24. The molecule has 98 valence electrons. The van der Waals surface area contributed by atoms with Crippen molar-refractivity contribution in [3.05, 3.63) is 64.7 Å². The smallest absolute Gasteiger partial charge is 0.154 e. The van der Waals surface area contributed by atoms with Gasteiger partial charge in [-0.05, 0) is 31.0 Å². The van der Waals surface area contributed by atoms with Crippen molar-refractivity contribution in [2.24, 2.45) is 0 Å². The van der Waals surface area contributed by atoms with Crippen molar-refractivity contribution in [2.45, 2.75) is 13.8 Å². The molecule has 0 bridgehead atoms. The first-order valence-corrected chi connectivity index (χ1v) is 5.84. The summed E-state index contributed by atoms with van der Waals surface area (Å²) in [7, 11) is 0. The number of carbonyl (C=O) groups excluding carboxylic acids is 2. The minimum atomic E-state index is 0.0671. The van der Waals surface area contributed by atoms with Crippen molar-refractivity contribution in [2.75, 3.05) is 0 Å². The molecule has 0 spiro atoms. The lowest BCUT2D eigenvalue weighted by atomic mass is 10.1. The normalized spacial score (nSPS) is 9.16. The predicted octanol–water partition coefficient (Wildman–Crippen LogP) is 3.32. The van der Waals surface area contributed by atoms with Crippen LogP contribution in [0.2, 0.25) is 0 Å². The summed E-state index contributed by atoms with van der Waals surface area (Å²) in [6.07, 6.45) is 1.50. The van der Waals surface area contributed by atoms with E-state index in [4.69, 9.17) is 0 Å². The maximum absolute atomic E-state index is 10.4. The molecule has 1 N–H and O–H groups in total. The van der Waals surface area contributed by atoms with Crippen molar-refractivity contribution in [1.82, 2.24) is 0 Å². The molecule has 0 aliphatic heterocycles. The zero-order chi connectivity index (χ0) is 14.3. The van der Waals surface area contributed by atoms with Crippen LogP contribution in [-0.2, 0) is 0 Å². The Morgan fingerprint density at radius 3 is 2.00 bits per heavy atom. The Kier molecular flexibility index (Phi) is 5.48. The quantitative estimate of drug-likeness (QED) is 0.838. The van der Waals surface area contributed by atoms with Gasteiger partial charge >= 0.3 is 0 Å². The lowest BCUT2D eigenvalue weighted by molar-refractivity contribution is 0.111. The number of phenols is 1. The van der Waals surface area contributed by atoms with Crippen LogP contribution in [0.25, 0.3) is 0 Å². The Morgan fingerprint density at radius 2 is 1.58 bits per heavy atom. The second-order valence-electron chi connectivity index (χ2n) is 4.16. The van der Waals surface area contributed by atoms with Gasteiger partial charge in [-0.2, -0.15) is 0 Å². The van der Waals surface area contributed by atoms with Gasteiger partial charge in [0.2, 0.25) is 0 Å². The molecular formula is C16H16O3. The van der Waals surface area contributed by atoms with Gasteiger partial charge in [0.15, 0.2) is 6.29 Å². The van der Waals surface area contributed by atoms with Gasteiger partial charge < -0.3 is 5.11 Å². The van der Waals surface area contributed by atoms with Crippen molar-refractivity contribution in [3.8, 4) is 5.75 Å². The van der Waals surface area contributed by atoms with Crippen LogP contribution in [0.1, 0.15) is 31.8 Å². The van der Waals surface area contributed by atoms with Crippen LogP contribution < -0.4 is 0 Å². The Bertz CT molecular complexity index is 536. The number of aryl methyl sites for hydroxylation is 2. The third kappa shape index (κ3) is 4.39. The predicted molar refractivity (Wildman–Crippen MR) is 74.8 cm³/mol. The monoisotopic (exact) mass is 256 g/mol. The van der Waals surface area contributed by atoms with E-state index in [1.54, 1.807) is 25.1 Å². The maximum atomic E-state index is 10.4. The van der Waals surface area contributed by atoms with Gasteiger partial charge in [0.05, 0.1) is 5.56 Å². The summed E-state index contributed by atoms with van der Waals surface area (Å²) in [5.41, 5.74) is 2.89. The Morgan fingerprint density at radius 1 is 0.947 bits per heavy atom. The van der Waals surface area contributed by atoms with E-state index in [9.17, 15) is 14.7 Å². The largest absolute Gasteiger partial charge is 0.507 e. The Labute approximate surface area is 112 Å². The van der Waals surface area contributed by atoms with E-state index in [1.165, 1.54) is 0 Å². The van der Waals surface area contributed by atoms with E-state index in [1.807, 2.05) is 31.2 Å². The van der Waals surface area contributed by atoms with Crippen LogP contribution in [0.5, 0.6) is 5.75 Å². The molecule has 0 atom stereocenters. The van der Waals surface area contributed by atoms with Gasteiger partial charge in [-0.25, -0.2) is 0 Å². The molecule has 0 aromatic heterocycles. The molecule has 0 unspecified atom stereocenters. The van der Waals surface area contributed by atoms with E-state index in [-0.39, 0.29) is 5.75 Å². The average Bonchev–Trinajstić information content (AvgIpc) is 2.40. The Hall–Kier alpha value is -2.42. The fourth-order valence-electron chi connectivity index (χ4n) is 1.64. The summed E-state index contributed by atoms with van der Waals surface area (Å²) < 4.78 is 0. The maximum Gasteiger partial charge on any atom is 0.154 e. The zero-order valence-corrected chi connectivity index (χ0v) is 11.0. The lowest BCUT2D eigenvalue weighted by Crippen LogP contribution is -1.88. The first-order valence-electron chi connectivity index (χ1n) is 5.84. The van der Waals surface area contributed by atoms with Crippen molar-refractivity contribution in [3.63, 3.8) is 0 Å². The van der Waals surface area contributed by atoms with Gasteiger partial charge in [-0.1, -0.05) is 36.4 Å². The van der Waals surface area contributed by atoms with E-state index in [0.717, 1.165) is 23.0 Å². The number of phenolic OH excluding ortho intramolecular Hbond substituents is 1. The Balaban J connectivity index is 0.000000200. The topological polar surface area (TPSA) is 54.4 Å². The SMILES string of the molecule is Cc1cc(C)c(C=O)c(O)c1.O=Cc1ccccc1. The highest BCUT2D eigenvalue weighted by atomic mass is 16.3. The van der Waals surface area contributed by atoms with Crippen molar-refractivity contribution in [1.29, 1.82) is 0 Å². The fraction of sp³-hybridized carbons (Fsp3) is 0.125. The highest BCUT2D eigenvalue weighted by Gasteiger charge is 2.03. The second-order valence-corrected chi connectivity index (χ2v) is 4.16. The van der Waals surface area contributed by atoms with Crippen LogP contribution >= 0.6 is 0 Å². The van der Waals surface area contributed by atoms with Gasteiger partial charge in [0, 0.05) is 5.56 Å². The van der Waals surface area contributed by atoms with E-state index in [2.05, 4.69) is 0 Å². The minimum Gasteiger partial charge on any atom is -0.507 e. The summed E-state index contributed by atoms with van der Waals surface area (Å²) >= 11 is 0. The number of aldehydes is 2. The standard InChI is InChI=1S/C9H10O2.C7H6O/c1-6-3-7(2)8(5-10)9(11)4-6;8-6-7-4-2-1-3-5-7/h3-5,11H,1-2H3;1-6H. The summed E-state index contributed by atoms with van der Waals surface area (Å²) in [4.78, 5) is 20.4. The lowest BCUT2D eigenvalue weighted by Gasteiger charge is -2.02. The van der Waals surface area contributed by atoms with Crippen LogP contribution in [0, 0.1) is 13.8 Å². The fourth-order valence-corrected chi connectivity index (χ4v) is 1.64. The molecule has 3 heteroatoms. The number of carbonyl (C=O) groups is 2. The molecule has 19 heavy (non-hydrogen) atoms. The molecular weight excluding hydrogens is 240 g/mol. The van der Waals surface area contributed by atoms with Crippen molar-refractivity contribution >= 4 is 12.6 Å². The number of aromatic hydroxyl groups is 1. The average molecular weight is 256 g/mol. The molecule has 0 saturated carbocycles. The molecule has 0 heterocycles. The molecule has 2 aromatic carbocycles. The minimum absolute atomic E-state index is 0.0671. The van der Waals surface area contributed by atoms with Gasteiger partial charge in [0.1, 0.15) is 12.0 Å². The zero-order valence-electron chi connectivity index (χ0n) is 11.0. The molecule has 0 aliphatic rings. The number of rotatable bonds is 2. The third-order valence-corrected chi connectivity index (χ3v) is 2.56. The third-order valence-electron chi connectivity index (χ3n) is 2.56. The number of benzene rings is 2. The molecule has 0 amide bonds. The van der Waals surface area contributed by atoms with E-state index < -0.39 is 0 Å². The van der Waals surface area contributed by atoms with Crippen LogP contribution in [-0.4, -0.2) is 17.7 Å². The van der Waals surface area contributed by atoms with E-state index in [0.29, 0.717) is 11.8 Å². The molecule has 2 rings (SSSR count). The highest BCUT2D eigenvalue weighted by molar-refractivity contribution is 5.81. The van der Waals surface area contributed by atoms with Crippen LogP contribution in [0.15, 0.2) is 42.5 Å². The summed E-state index contributed by atoms with van der Waals surface area (Å²) in [5.74, 6) is 0.0671. The molecule has 3 nitrogen and oxygen atoms in total. The number of hydrogen-bond acceptors (Lipinski definition) is 3. The highest BCUT2D eigenvalue weighted by Crippen LogP contribution is 2.20. The summed E-state index contributed by atoms with van der Waals surface area (Å²) in [6.45, 7) is 3.68.